The van der Waals surface area contributed by atoms with Gasteiger partial charge < -0.3 is 0 Å². The first-order valence-electron chi connectivity index (χ1n) is 6.73. The van der Waals surface area contributed by atoms with Gasteiger partial charge in [-0.05, 0) is 50.7 Å². The molecule has 1 fully saturated rings. The number of halogens is 1. The van der Waals surface area contributed by atoms with Crippen molar-refractivity contribution in [3.05, 3.63) is 34.9 Å². The molecule has 1 unspecified atom stereocenters. The van der Waals surface area contributed by atoms with Crippen molar-refractivity contribution in [3.63, 3.8) is 0 Å². The number of ketones is 1. The van der Waals surface area contributed by atoms with Gasteiger partial charge in [-0.25, -0.2) is 0 Å². The largest absolute Gasteiger partial charge is 0.296 e. The van der Waals surface area contributed by atoms with Crippen LogP contribution in [0.2, 0.25) is 5.02 Å². The van der Waals surface area contributed by atoms with Gasteiger partial charge in [0.15, 0.2) is 5.78 Å². The van der Waals surface area contributed by atoms with E-state index in [1.165, 1.54) is 19.3 Å². The SMILES string of the molecule is CSC1CCCN(CC(=O)c2cccc(Cl)c2)CC1. The number of carbonyl (C=O) groups is 1. The normalized spacial score (nSPS) is 21.1. The van der Waals surface area contributed by atoms with Crippen molar-refractivity contribution in [2.75, 3.05) is 25.9 Å². The molecule has 0 amide bonds. The van der Waals surface area contributed by atoms with E-state index >= 15 is 0 Å². The maximum Gasteiger partial charge on any atom is 0.176 e. The molecule has 0 radical (unpaired) electrons. The first-order chi connectivity index (χ1) is 9.19. The van der Waals surface area contributed by atoms with Crippen LogP contribution in [0.4, 0.5) is 0 Å². The van der Waals surface area contributed by atoms with Crippen molar-refractivity contribution in [1.29, 1.82) is 0 Å². The molecule has 0 aromatic heterocycles. The second kappa shape index (κ2) is 7.32. The van der Waals surface area contributed by atoms with E-state index in [0.717, 1.165) is 23.9 Å². The van der Waals surface area contributed by atoms with Crippen molar-refractivity contribution < 1.29 is 4.79 Å². The van der Waals surface area contributed by atoms with Gasteiger partial charge in [0.1, 0.15) is 0 Å². The summed E-state index contributed by atoms with van der Waals surface area (Å²) in [6, 6.07) is 7.23. The van der Waals surface area contributed by atoms with E-state index in [9.17, 15) is 4.79 Å². The molecular formula is C15H20ClNOS. The third-order valence-corrected chi connectivity index (χ3v) is 4.99. The summed E-state index contributed by atoms with van der Waals surface area (Å²) in [6.07, 6.45) is 5.82. The Hall–Kier alpha value is -0.510. The van der Waals surface area contributed by atoms with Crippen molar-refractivity contribution >= 4 is 29.1 Å². The summed E-state index contributed by atoms with van der Waals surface area (Å²) in [5.41, 5.74) is 0.721. The average Bonchev–Trinajstić information content (AvgIpc) is 2.64. The summed E-state index contributed by atoms with van der Waals surface area (Å²) in [7, 11) is 0. The van der Waals surface area contributed by atoms with Crippen LogP contribution in [0.3, 0.4) is 0 Å². The zero-order valence-electron chi connectivity index (χ0n) is 11.3. The summed E-state index contributed by atoms with van der Waals surface area (Å²) in [5.74, 6) is 0.171. The Kier molecular flexibility index (Phi) is 5.74. The van der Waals surface area contributed by atoms with Gasteiger partial charge in [0.25, 0.3) is 0 Å². The van der Waals surface area contributed by atoms with Crippen LogP contribution in [0.5, 0.6) is 0 Å². The van der Waals surface area contributed by atoms with Crippen molar-refractivity contribution in [1.82, 2.24) is 4.90 Å². The van der Waals surface area contributed by atoms with E-state index in [4.69, 9.17) is 11.6 Å². The Bertz CT molecular complexity index is 438. The summed E-state index contributed by atoms with van der Waals surface area (Å²) in [4.78, 5) is 14.5. The molecule has 104 valence electrons. The fourth-order valence-electron chi connectivity index (χ4n) is 2.48. The molecule has 0 saturated carbocycles. The number of benzene rings is 1. The molecule has 0 bridgehead atoms. The highest BCUT2D eigenvalue weighted by atomic mass is 35.5. The van der Waals surface area contributed by atoms with E-state index in [1.54, 1.807) is 12.1 Å². The van der Waals surface area contributed by atoms with Crippen LogP contribution in [-0.4, -0.2) is 41.8 Å². The lowest BCUT2D eigenvalue weighted by atomic mass is 10.1. The maximum atomic E-state index is 12.2. The number of hydrogen-bond acceptors (Lipinski definition) is 3. The van der Waals surface area contributed by atoms with Gasteiger partial charge in [-0.3, -0.25) is 9.69 Å². The lowest BCUT2D eigenvalue weighted by molar-refractivity contribution is 0.0933. The Morgan fingerprint density at radius 1 is 1.42 bits per heavy atom. The molecular weight excluding hydrogens is 278 g/mol. The lowest BCUT2D eigenvalue weighted by Gasteiger charge is -2.19. The van der Waals surface area contributed by atoms with Crippen LogP contribution >= 0.6 is 23.4 Å². The predicted molar refractivity (Wildman–Crippen MR) is 83.4 cm³/mol. The Morgan fingerprint density at radius 3 is 3.00 bits per heavy atom. The Morgan fingerprint density at radius 2 is 2.26 bits per heavy atom. The van der Waals surface area contributed by atoms with E-state index in [0.29, 0.717) is 11.6 Å². The number of hydrogen-bond donors (Lipinski definition) is 0. The Labute approximate surface area is 124 Å². The molecule has 2 nitrogen and oxygen atoms in total. The average molecular weight is 298 g/mol. The molecule has 1 saturated heterocycles. The minimum atomic E-state index is 0.171. The van der Waals surface area contributed by atoms with Crippen LogP contribution in [-0.2, 0) is 0 Å². The minimum absolute atomic E-state index is 0.171. The van der Waals surface area contributed by atoms with Gasteiger partial charge in [-0.1, -0.05) is 23.7 Å². The smallest absolute Gasteiger partial charge is 0.176 e. The zero-order chi connectivity index (χ0) is 13.7. The van der Waals surface area contributed by atoms with Crippen molar-refractivity contribution in [2.24, 2.45) is 0 Å². The van der Waals surface area contributed by atoms with Gasteiger partial charge in [0.05, 0.1) is 6.54 Å². The van der Waals surface area contributed by atoms with Crippen LogP contribution < -0.4 is 0 Å². The van der Waals surface area contributed by atoms with Crippen LogP contribution in [0.25, 0.3) is 0 Å². The van der Waals surface area contributed by atoms with Gasteiger partial charge in [-0.15, -0.1) is 0 Å². The van der Waals surface area contributed by atoms with Crippen molar-refractivity contribution in [3.8, 4) is 0 Å². The highest BCUT2D eigenvalue weighted by Gasteiger charge is 2.18. The zero-order valence-corrected chi connectivity index (χ0v) is 12.8. The molecule has 0 spiro atoms. The Balaban J connectivity index is 1.92. The van der Waals surface area contributed by atoms with Crippen LogP contribution in [0.1, 0.15) is 29.6 Å². The lowest BCUT2D eigenvalue weighted by Crippen LogP contribution is -2.31. The number of thioether (sulfide) groups is 1. The number of carbonyl (C=O) groups excluding carboxylic acids is 1. The van der Waals surface area contributed by atoms with E-state index < -0.39 is 0 Å². The molecule has 1 aliphatic heterocycles. The highest BCUT2D eigenvalue weighted by Crippen LogP contribution is 2.21. The fraction of sp³-hybridized carbons (Fsp3) is 0.533. The molecule has 1 aromatic carbocycles. The van der Waals surface area contributed by atoms with Crippen LogP contribution in [0, 0.1) is 0 Å². The molecule has 1 aliphatic rings. The molecule has 19 heavy (non-hydrogen) atoms. The third kappa shape index (κ3) is 4.51. The van der Waals surface area contributed by atoms with E-state index in [-0.39, 0.29) is 5.78 Å². The topological polar surface area (TPSA) is 20.3 Å². The summed E-state index contributed by atoms with van der Waals surface area (Å²) in [6.45, 7) is 2.57. The molecule has 0 aliphatic carbocycles. The summed E-state index contributed by atoms with van der Waals surface area (Å²) in [5, 5.41) is 1.38. The number of nitrogens with zero attached hydrogens (tertiary/aromatic N) is 1. The number of Topliss-reactive ketones (excluding diaryl/α,β-unsaturated/α-hetero) is 1. The molecule has 1 aromatic rings. The monoisotopic (exact) mass is 297 g/mol. The first-order valence-corrected chi connectivity index (χ1v) is 8.39. The maximum absolute atomic E-state index is 12.2. The minimum Gasteiger partial charge on any atom is -0.296 e. The third-order valence-electron chi connectivity index (χ3n) is 3.61. The second-order valence-electron chi connectivity index (χ2n) is 5.00. The number of likely N-dealkylation sites (tertiary alicyclic amines) is 1. The fourth-order valence-corrected chi connectivity index (χ4v) is 3.41. The van der Waals surface area contributed by atoms with E-state index in [2.05, 4.69) is 11.2 Å². The number of rotatable bonds is 4. The van der Waals surface area contributed by atoms with Crippen molar-refractivity contribution in [2.45, 2.75) is 24.5 Å². The van der Waals surface area contributed by atoms with Gasteiger partial charge >= 0.3 is 0 Å². The summed E-state index contributed by atoms with van der Waals surface area (Å²) >= 11 is 7.88. The quantitative estimate of drug-likeness (QED) is 0.790. The molecule has 2 rings (SSSR count). The first kappa shape index (κ1) is 14.9. The molecule has 1 heterocycles. The molecule has 1 atom stereocenters. The van der Waals surface area contributed by atoms with Gasteiger partial charge in [0.2, 0.25) is 0 Å². The van der Waals surface area contributed by atoms with Gasteiger partial charge in [0, 0.05) is 15.8 Å². The highest BCUT2D eigenvalue weighted by molar-refractivity contribution is 7.99. The predicted octanol–water partition coefficient (Wildman–Crippen LogP) is 3.74. The molecule has 0 N–H and O–H groups in total. The van der Waals surface area contributed by atoms with E-state index in [1.807, 2.05) is 23.9 Å². The van der Waals surface area contributed by atoms with Gasteiger partial charge in [-0.2, -0.15) is 11.8 Å². The second-order valence-corrected chi connectivity index (χ2v) is 6.57. The molecule has 4 heteroatoms. The summed E-state index contributed by atoms with van der Waals surface area (Å²) < 4.78 is 0. The van der Waals surface area contributed by atoms with Crippen LogP contribution in [0.15, 0.2) is 24.3 Å². The standard InChI is InChI=1S/C15H20ClNOS/c1-19-14-6-3-8-17(9-7-14)11-15(18)12-4-2-5-13(16)10-12/h2,4-5,10,14H,3,6-9,11H2,1H3.